The summed E-state index contributed by atoms with van der Waals surface area (Å²) < 4.78 is 59.3. The third kappa shape index (κ3) is 5.97. The molecule has 4 rings (SSSR count). The van der Waals surface area contributed by atoms with Crippen LogP contribution in [0, 0.1) is 11.6 Å². The van der Waals surface area contributed by atoms with E-state index in [9.17, 15) is 8.42 Å². The van der Waals surface area contributed by atoms with Crippen LogP contribution in [0.2, 0.25) is 0 Å². The molecule has 3 N–H and O–H groups in total. The van der Waals surface area contributed by atoms with Crippen LogP contribution in [-0.2, 0) is 10.0 Å². The van der Waals surface area contributed by atoms with E-state index in [1.54, 1.807) is 32.4 Å². The Kier molecular flexibility index (Phi) is 9.09. The van der Waals surface area contributed by atoms with Gasteiger partial charge in [0.2, 0.25) is 10.0 Å². The van der Waals surface area contributed by atoms with Crippen LogP contribution in [0.5, 0.6) is 0 Å². The van der Waals surface area contributed by atoms with Crippen molar-refractivity contribution < 1.29 is 17.2 Å². The van der Waals surface area contributed by atoms with E-state index >= 15 is 8.78 Å². The van der Waals surface area contributed by atoms with Crippen molar-refractivity contribution in [2.75, 3.05) is 49.1 Å². The molecular weight excluding hydrogens is 536 g/mol. The summed E-state index contributed by atoms with van der Waals surface area (Å²) in [5, 5.41) is 0. The highest BCUT2D eigenvalue weighted by Crippen LogP contribution is 2.34. The van der Waals surface area contributed by atoms with Crippen molar-refractivity contribution >= 4 is 44.3 Å². The molecule has 1 saturated heterocycles. The fourth-order valence-corrected chi connectivity index (χ4v) is 6.30. The van der Waals surface area contributed by atoms with E-state index in [0.29, 0.717) is 34.6 Å². The van der Waals surface area contributed by atoms with Gasteiger partial charge >= 0.3 is 0 Å². The van der Waals surface area contributed by atoms with Gasteiger partial charge in [0.05, 0.1) is 22.5 Å². The summed E-state index contributed by atoms with van der Waals surface area (Å²) in [6.07, 6.45) is 6.83. The maximum atomic E-state index is 15.8. The third-order valence-corrected chi connectivity index (χ3v) is 8.83. The minimum absolute atomic E-state index is 0.186. The number of halogens is 2. The lowest BCUT2D eigenvalue weighted by molar-refractivity contribution is 0.220. The Labute approximate surface area is 234 Å². The summed E-state index contributed by atoms with van der Waals surface area (Å²) in [6, 6.07) is 6.03. The van der Waals surface area contributed by atoms with Crippen LogP contribution >= 0.6 is 0 Å². The van der Waals surface area contributed by atoms with E-state index < -0.39 is 27.3 Å². The van der Waals surface area contributed by atoms with E-state index in [-0.39, 0.29) is 11.4 Å². The molecule has 1 fully saturated rings. The van der Waals surface area contributed by atoms with Gasteiger partial charge in [-0.05, 0) is 50.1 Å². The molecule has 0 aliphatic carbocycles. The highest BCUT2D eigenvalue weighted by atomic mass is 32.2. The van der Waals surface area contributed by atoms with Crippen molar-refractivity contribution in [3.63, 3.8) is 0 Å². The number of nitrogens with one attached hydrogen (secondary N) is 1. The molecule has 3 aromatic rings. The number of likely N-dealkylation sites (tertiary alicyclic amines) is 1. The summed E-state index contributed by atoms with van der Waals surface area (Å²) in [4.78, 5) is 13.6. The van der Waals surface area contributed by atoms with Crippen LogP contribution in [0.4, 0.5) is 20.3 Å². The van der Waals surface area contributed by atoms with Gasteiger partial charge in [-0.15, -0.1) is 0 Å². The minimum atomic E-state index is -3.80. The molecule has 0 unspecified atom stereocenters. The Hall–Kier alpha value is -3.51. The van der Waals surface area contributed by atoms with Crippen LogP contribution in [0.25, 0.3) is 22.3 Å². The van der Waals surface area contributed by atoms with Gasteiger partial charge in [0.25, 0.3) is 0 Å². The van der Waals surface area contributed by atoms with Crippen molar-refractivity contribution in [1.82, 2.24) is 14.5 Å². The number of pyridine rings is 1. The van der Waals surface area contributed by atoms with E-state index in [4.69, 9.17) is 10.7 Å². The van der Waals surface area contributed by atoms with Crippen LogP contribution in [0.3, 0.4) is 0 Å². The number of aliphatic imine (C=N–C) groups is 1. The quantitative estimate of drug-likeness (QED) is 0.349. The number of hydrogen-bond donors (Lipinski definition) is 2. The minimum Gasteiger partial charge on any atom is -0.404 e. The fraction of sp³-hybridized carbons (Fsp3) is 0.429. The second-order valence-electron chi connectivity index (χ2n) is 9.91. The second-order valence-corrected chi connectivity index (χ2v) is 11.8. The molecule has 0 radical (unpaired) electrons. The molecule has 1 aliphatic rings. The molecule has 0 bridgehead atoms. The number of nitrogens with zero attached hydrogens (tertiary/aromatic N) is 5. The number of sulfonamides is 1. The van der Waals surface area contributed by atoms with Gasteiger partial charge in [0.1, 0.15) is 17.3 Å². The highest BCUT2D eigenvalue weighted by molar-refractivity contribution is 7.92. The Morgan fingerprint density at radius 3 is 2.58 bits per heavy atom. The van der Waals surface area contributed by atoms with Crippen molar-refractivity contribution in [2.24, 2.45) is 10.7 Å². The Morgan fingerprint density at radius 1 is 1.23 bits per heavy atom. The van der Waals surface area contributed by atoms with Gasteiger partial charge in [0, 0.05) is 63.0 Å². The molecule has 40 heavy (non-hydrogen) atoms. The van der Waals surface area contributed by atoms with Crippen molar-refractivity contribution in [2.45, 2.75) is 39.2 Å². The molecule has 9 nitrogen and oxygen atoms in total. The van der Waals surface area contributed by atoms with Gasteiger partial charge in [-0.2, -0.15) is 0 Å². The highest BCUT2D eigenvalue weighted by Gasteiger charge is 2.26. The van der Waals surface area contributed by atoms with Gasteiger partial charge in [-0.1, -0.05) is 13.8 Å². The van der Waals surface area contributed by atoms with Crippen LogP contribution < -0.4 is 15.4 Å². The third-order valence-electron chi connectivity index (χ3n) is 7.35. The summed E-state index contributed by atoms with van der Waals surface area (Å²) in [5.41, 5.74) is 7.15. The Bertz CT molecular complexity index is 1530. The zero-order valence-electron chi connectivity index (χ0n) is 23.4. The first-order chi connectivity index (χ1) is 19.1. The second kappa shape index (κ2) is 12.3. The van der Waals surface area contributed by atoms with Crippen molar-refractivity contribution in [3.05, 3.63) is 53.9 Å². The van der Waals surface area contributed by atoms with Gasteiger partial charge in [-0.25, -0.2) is 22.2 Å². The summed E-state index contributed by atoms with van der Waals surface area (Å²) in [5.74, 6) is -1.34. The van der Waals surface area contributed by atoms with Crippen LogP contribution in [-0.4, -0.2) is 74.6 Å². The van der Waals surface area contributed by atoms with Crippen molar-refractivity contribution in [1.29, 1.82) is 0 Å². The molecule has 1 aromatic carbocycles. The Balaban J connectivity index is 1.85. The monoisotopic (exact) mass is 573 g/mol. The number of hydrogen-bond acceptors (Lipinski definition) is 7. The zero-order valence-corrected chi connectivity index (χ0v) is 24.2. The molecule has 12 heteroatoms. The standard InChI is InChI=1S/C28H37F2N7O2S/c1-5-15-40(38,39)34-23-8-7-22(29)28(26(23)30)37-18-21(19(16-31)17-32-3)27-24(37)9-10-25(33-27)35(4)20-11-13-36(6-2)14-12-20/h7-10,16-18,20,34H,5-6,11-15,31H2,1-4H3. The molecule has 216 valence electrons. The molecular formula is C28H37F2N7O2S. The Morgan fingerprint density at radius 2 is 1.95 bits per heavy atom. The normalized spacial score (nSPS) is 15.8. The van der Waals surface area contributed by atoms with Crippen LogP contribution in [0.15, 0.2) is 41.7 Å². The fourth-order valence-electron chi connectivity index (χ4n) is 5.17. The lowest BCUT2D eigenvalue weighted by Crippen LogP contribution is -2.43. The zero-order chi connectivity index (χ0) is 29.0. The smallest absolute Gasteiger partial charge is 0.232 e. The molecule has 0 atom stereocenters. The topological polar surface area (TPSA) is 109 Å². The molecule has 0 spiro atoms. The number of benzene rings is 1. The van der Waals surface area contributed by atoms with Gasteiger partial charge in [0.15, 0.2) is 5.82 Å². The average molecular weight is 574 g/mol. The van der Waals surface area contributed by atoms with E-state index in [0.717, 1.165) is 50.4 Å². The largest absolute Gasteiger partial charge is 0.404 e. The summed E-state index contributed by atoms with van der Waals surface area (Å²) >= 11 is 0. The first-order valence-electron chi connectivity index (χ1n) is 13.4. The molecule has 0 saturated carbocycles. The maximum absolute atomic E-state index is 15.8. The van der Waals surface area contributed by atoms with Gasteiger partial charge in [-0.3, -0.25) is 9.71 Å². The maximum Gasteiger partial charge on any atom is 0.232 e. The van der Waals surface area contributed by atoms with Crippen LogP contribution in [0.1, 0.15) is 38.7 Å². The van der Waals surface area contributed by atoms with Gasteiger partial charge < -0.3 is 20.1 Å². The number of anilines is 2. The lowest BCUT2D eigenvalue weighted by Gasteiger charge is -2.36. The van der Waals surface area contributed by atoms with Crippen molar-refractivity contribution in [3.8, 4) is 5.69 Å². The number of aromatic nitrogens is 2. The first-order valence-corrected chi connectivity index (χ1v) is 15.1. The number of fused-ring (bicyclic) bond motifs is 1. The molecule has 2 aromatic heterocycles. The molecule has 1 aliphatic heterocycles. The van der Waals surface area contributed by atoms with E-state index in [2.05, 4.69) is 26.4 Å². The summed E-state index contributed by atoms with van der Waals surface area (Å²) in [6.45, 7) is 6.92. The molecule has 3 heterocycles. The number of allylic oxidation sites excluding steroid dienone is 1. The predicted octanol–water partition coefficient (Wildman–Crippen LogP) is 4.38. The number of nitrogens with two attached hydrogens (primary N) is 1. The van der Waals surface area contributed by atoms with E-state index in [1.807, 2.05) is 13.1 Å². The molecule has 0 amide bonds. The lowest BCUT2D eigenvalue weighted by atomic mass is 10.0. The average Bonchev–Trinajstić information content (AvgIpc) is 3.31. The SMILES string of the molecule is CCCS(=O)(=O)Nc1ccc(F)c(-n2cc(C(C=NC)=CN)c3nc(N(C)C4CCN(CC)CC4)ccc32)c1F. The predicted molar refractivity (Wildman–Crippen MR) is 159 cm³/mol. The number of rotatable bonds is 10. The summed E-state index contributed by atoms with van der Waals surface area (Å²) in [7, 11) is -0.188. The first kappa shape index (κ1) is 29.5. The number of piperidine rings is 1. The van der Waals surface area contributed by atoms with E-state index in [1.165, 1.54) is 10.8 Å².